The first kappa shape index (κ1) is 19.5. The Bertz CT molecular complexity index is 1630. The highest BCUT2D eigenvalue weighted by atomic mass is 35.5. The van der Waals surface area contributed by atoms with Crippen LogP contribution in [0.15, 0.2) is 59.9 Å². The lowest BCUT2D eigenvalue weighted by molar-refractivity contribution is 0.301. The number of nitrogens with one attached hydrogen (secondary N) is 1. The fourth-order valence-corrected chi connectivity index (χ4v) is 4.85. The number of hydrogen-bond acceptors (Lipinski definition) is 6. The van der Waals surface area contributed by atoms with Crippen LogP contribution in [-0.2, 0) is 0 Å². The number of benzene rings is 1. The molecule has 5 heterocycles. The number of fused-ring (bicyclic) bond motifs is 2. The molecule has 162 valence electrons. The number of aromatic amines is 1. The third kappa shape index (κ3) is 2.78. The van der Waals surface area contributed by atoms with Crippen molar-refractivity contribution in [3.63, 3.8) is 0 Å². The van der Waals surface area contributed by atoms with Crippen molar-refractivity contribution in [3.05, 3.63) is 81.9 Å². The second-order valence-corrected chi connectivity index (χ2v) is 8.51. The van der Waals surface area contributed by atoms with Crippen molar-refractivity contribution in [2.24, 2.45) is 5.92 Å². The molecule has 1 unspecified atom stereocenters. The molecular formula is C23H17ClN8O. The van der Waals surface area contributed by atoms with Crippen molar-refractivity contribution in [1.82, 2.24) is 29.1 Å². The molecule has 0 spiro atoms. The summed E-state index contributed by atoms with van der Waals surface area (Å²) in [6, 6.07) is 13.0. The molecule has 0 amide bonds. The van der Waals surface area contributed by atoms with Crippen LogP contribution in [0.5, 0.6) is 0 Å². The Balaban J connectivity index is 1.60. The average molecular weight is 457 g/mol. The molecule has 10 heteroatoms. The summed E-state index contributed by atoms with van der Waals surface area (Å²) in [5.74, 6) is 1.40. The van der Waals surface area contributed by atoms with Gasteiger partial charge in [0.15, 0.2) is 5.82 Å². The maximum absolute atomic E-state index is 13.6. The molecule has 1 N–H and O–H groups in total. The van der Waals surface area contributed by atoms with Crippen molar-refractivity contribution < 1.29 is 0 Å². The average Bonchev–Trinajstić information content (AvgIpc) is 3.41. The molecule has 6 rings (SSSR count). The van der Waals surface area contributed by atoms with Gasteiger partial charge in [-0.25, -0.2) is 14.5 Å². The molecule has 0 aliphatic carbocycles. The molecule has 5 aromatic rings. The number of hydrogen-bond donors (Lipinski definition) is 1. The van der Waals surface area contributed by atoms with Crippen LogP contribution in [0.4, 0.5) is 5.82 Å². The van der Waals surface area contributed by atoms with Crippen LogP contribution in [0.25, 0.3) is 22.2 Å². The molecule has 1 aliphatic rings. The third-order valence-electron chi connectivity index (χ3n) is 6.14. The van der Waals surface area contributed by atoms with Crippen molar-refractivity contribution in [1.29, 1.82) is 5.26 Å². The van der Waals surface area contributed by atoms with Crippen LogP contribution in [0.1, 0.15) is 24.4 Å². The monoisotopic (exact) mass is 456 g/mol. The van der Waals surface area contributed by atoms with Gasteiger partial charge >= 0.3 is 0 Å². The molecular weight excluding hydrogens is 440 g/mol. The number of anilines is 1. The van der Waals surface area contributed by atoms with Gasteiger partial charge in [0, 0.05) is 24.9 Å². The number of para-hydroxylation sites is 1. The molecule has 1 saturated heterocycles. The van der Waals surface area contributed by atoms with Crippen molar-refractivity contribution >= 4 is 34.0 Å². The molecule has 1 aromatic carbocycles. The Morgan fingerprint density at radius 3 is 2.79 bits per heavy atom. The van der Waals surface area contributed by atoms with Gasteiger partial charge in [0.05, 0.1) is 27.7 Å². The van der Waals surface area contributed by atoms with Crippen LogP contribution in [0, 0.1) is 17.2 Å². The van der Waals surface area contributed by atoms with Gasteiger partial charge in [0.2, 0.25) is 0 Å². The first-order valence-electron chi connectivity index (χ1n) is 10.4. The molecule has 1 aliphatic heterocycles. The lowest BCUT2D eigenvalue weighted by atomic mass is 9.89. The van der Waals surface area contributed by atoms with E-state index in [0.29, 0.717) is 51.0 Å². The van der Waals surface area contributed by atoms with Gasteiger partial charge < -0.3 is 9.88 Å². The minimum atomic E-state index is -0.247. The maximum atomic E-state index is 13.6. The van der Waals surface area contributed by atoms with Gasteiger partial charge in [-0.2, -0.15) is 10.4 Å². The predicted octanol–water partition coefficient (Wildman–Crippen LogP) is 3.48. The summed E-state index contributed by atoms with van der Waals surface area (Å²) in [6.45, 7) is 2.80. The molecule has 1 fully saturated rings. The molecule has 0 saturated carbocycles. The fraction of sp³-hybridized carbons (Fsp3) is 0.174. The summed E-state index contributed by atoms with van der Waals surface area (Å²) in [6.07, 6.45) is 4.80. The topological polar surface area (TPSA) is 108 Å². The summed E-state index contributed by atoms with van der Waals surface area (Å²) < 4.78 is 3.16. The Hall–Kier alpha value is -4.16. The highest BCUT2D eigenvalue weighted by molar-refractivity contribution is 6.33. The predicted molar refractivity (Wildman–Crippen MR) is 124 cm³/mol. The number of H-pyrrole nitrogens is 1. The second kappa shape index (κ2) is 7.18. The smallest absolute Gasteiger partial charge is 0.284 e. The summed E-state index contributed by atoms with van der Waals surface area (Å²) in [5, 5.41) is 15.4. The highest BCUT2D eigenvalue weighted by Gasteiger charge is 2.42. The van der Waals surface area contributed by atoms with Crippen LogP contribution in [0.3, 0.4) is 0 Å². The number of halogens is 1. The summed E-state index contributed by atoms with van der Waals surface area (Å²) in [4.78, 5) is 27.5. The van der Waals surface area contributed by atoms with Crippen LogP contribution in [0.2, 0.25) is 5.02 Å². The Labute approximate surface area is 192 Å². The summed E-state index contributed by atoms with van der Waals surface area (Å²) in [5.41, 5.74) is 1.85. The minimum absolute atomic E-state index is 0.185. The molecule has 4 aromatic heterocycles. The number of aromatic nitrogens is 6. The van der Waals surface area contributed by atoms with E-state index in [-0.39, 0.29) is 17.5 Å². The minimum Gasteiger partial charge on any atom is -0.345 e. The quantitative estimate of drug-likeness (QED) is 0.445. The number of nitriles is 1. The van der Waals surface area contributed by atoms with Gasteiger partial charge in [-0.1, -0.05) is 36.7 Å². The largest absolute Gasteiger partial charge is 0.345 e. The van der Waals surface area contributed by atoms with Gasteiger partial charge in [-0.05, 0) is 18.2 Å². The van der Waals surface area contributed by atoms with Gasteiger partial charge in [0.1, 0.15) is 29.4 Å². The van der Waals surface area contributed by atoms with E-state index >= 15 is 0 Å². The van der Waals surface area contributed by atoms with Crippen molar-refractivity contribution in [2.45, 2.75) is 13.0 Å². The van der Waals surface area contributed by atoms with Gasteiger partial charge in [0.25, 0.3) is 5.56 Å². The van der Waals surface area contributed by atoms with E-state index in [4.69, 9.17) is 16.7 Å². The molecule has 33 heavy (non-hydrogen) atoms. The maximum Gasteiger partial charge on any atom is 0.284 e. The Kier molecular flexibility index (Phi) is 4.25. The fourth-order valence-electron chi connectivity index (χ4n) is 4.62. The van der Waals surface area contributed by atoms with E-state index in [1.165, 1.54) is 10.8 Å². The van der Waals surface area contributed by atoms with Gasteiger partial charge in [-0.15, -0.1) is 0 Å². The van der Waals surface area contributed by atoms with Crippen LogP contribution in [-0.4, -0.2) is 35.7 Å². The first-order valence-corrected chi connectivity index (χ1v) is 10.8. The van der Waals surface area contributed by atoms with E-state index in [1.807, 2.05) is 30.3 Å². The second-order valence-electron chi connectivity index (χ2n) is 8.10. The lowest BCUT2D eigenvalue weighted by Gasteiger charge is -2.47. The van der Waals surface area contributed by atoms with Gasteiger partial charge in [-0.3, -0.25) is 9.36 Å². The summed E-state index contributed by atoms with van der Waals surface area (Å²) in [7, 11) is 0. The molecule has 0 bridgehead atoms. The van der Waals surface area contributed by atoms with Crippen molar-refractivity contribution in [2.75, 3.05) is 11.4 Å². The van der Waals surface area contributed by atoms with Crippen LogP contribution < -0.4 is 10.5 Å². The van der Waals surface area contributed by atoms with E-state index in [1.54, 1.807) is 23.0 Å². The van der Waals surface area contributed by atoms with Crippen molar-refractivity contribution in [3.8, 4) is 11.8 Å². The van der Waals surface area contributed by atoms with E-state index < -0.39 is 0 Å². The normalized spacial score (nSPS) is 17.9. The molecule has 9 nitrogen and oxygen atoms in total. The van der Waals surface area contributed by atoms with E-state index in [0.717, 1.165) is 0 Å². The van der Waals surface area contributed by atoms with Crippen LogP contribution >= 0.6 is 11.6 Å². The number of nitrogens with zero attached hydrogens (tertiary/aromatic N) is 7. The zero-order chi connectivity index (χ0) is 22.7. The SMILES string of the molecule is C[C@H]1CN(c2ncnc3[nH]cc(C#N)c23)C1c1nn2ccc(Cl)c2c(=O)n1-c1ccccc1. The molecule has 2 atom stereocenters. The zero-order valence-corrected chi connectivity index (χ0v) is 18.2. The lowest BCUT2D eigenvalue weighted by Crippen LogP contribution is -2.51. The van der Waals surface area contributed by atoms with E-state index in [9.17, 15) is 10.1 Å². The standard InChI is InChI=1S/C23H17ClN8O/c1-13-11-30(21-17-14(9-25)10-26-20(17)27-12-28-21)18(13)22-29-31-8-7-16(24)19(31)23(33)32(22)15-5-3-2-4-6-15/h2-8,10,12-13,18H,11H2,1H3,(H,26,27,28)/t13-,18?/m0/s1. The first-order chi connectivity index (χ1) is 16.1. The van der Waals surface area contributed by atoms with E-state index in [2.05, 4.69) is 32.8 Å². The Morgan fingerprint density at radius 1 is 1.21 bits per heavy atom. The number of rotatable bonds is 3. The summed E-state index contributed by atoms with van der Waals surface area (Å²) >= 11 is 6.32. The highest BCUT2D eigenvalue weighted by Crippen LogP contribution is 2.43. The molecule has 0 radical (unpaired) electrons. The Morgan fingerprint density at radius 2 is 2.03 bits per heavy atom. The third-order valence-corrected chi connectivity index (χ3v) is 6.45. The zero-order valence-electron chi connectivity index (χ0n) is 17.5.